The molecule has 2 atom stereocenters. The molecule has 1 fully saturated rings. The lowest BCUT2D eigenvalue weighted by molar-refractivity contribution is -0.119. The van der Waals surface area contributed by atoms with Crippen LogP contribution in [-0.2, 0) is 4.74 Å². The van der Waals surface area contributed by atoms with Gasteiger partial charge in [-0.05, 0) is 17.9 Å². The summed E-state index contributed by atoms with van der Waals surface area (Å²) in [6.07, 6.45) is 0.981. The van der Waals surface area contributed by atoms with Gasteiger partial charge in [0.2, 0.25) is 0 Å². The van der Waals surface area contributed by atoms with E-state index in [4.69, 9.17) is 4.74 Å². The van der Waals surface area contributed by atoms with Gasteiger partial charge >= 0.3 is 0 Å². The molecule has 7 nitrogen and oxygen atoms in total. The van der Waals surface area contributed by atoms with Crippen LogP contribution in [0.1, 0.15) is 48.5 Å². The Labute approximate surface area is 169 Å². The minimum absolute atomic E-state index is 0.0609. The molecule has 1 aliphatic heterocycles. The van der Waals surface area contributed by atoms with Gasteiger partial charge in [-0.15, -0.1) is 0 Å². The highest BCUT2D eigenvalue weighted by molar-refractivity contribution is 5.94. The van der Waals surface area contributed by atoms with Crippen LogP contribution in [0.4, 0.5) is 0 Å². The highest BCUT2D eigenvalue weighted by atomic mass is 16.5. The predicted molar refractivity (Wildman–Crippen MR) is 110 cm³/mol. The maximum atomic E-state index is 13.3. The van der Waals surface area contributed by atoms with Crippen molar-refractivity contribution >= 4 is 11.6 Å². The number of aromatic nitrogens is 3. The number of H-pyrrole nitrogens is 1. The van der Waals surface area contributed by atoms with Crippen LogP contribution in [0.25, 0.3) is 5.65 Å². The maximum absolute atomic E-state index is 13.3. The first-order chi connectivity index (χ1) is 13.7. The van der Waals surface area contributed by atoms with Gasteiger partial charge in [-0.1, -0.05) is 51.1 Å². The molecule has 0 spiro atoms. The van der Waals surface area contributed by atoms with Crippen molar-refractivity contribution in [3.05, 3.63) is 69.8 Å². The van der Waals surface area contributed by atoms with Gasteiger partial charge < -0.3 is 9.64 Å². The van der Waals surface area contributed by atoms with Crippen molar-refractivity contribution in [1.29, 1.82) is 0 Å². The molecule has 1 N–H and O–H groups in total. The summed E-state index contributed by atoms with van der Waals surface area (Å²) in [6.45, 7) is 8.95. The number of carbonyl (C=O) groups excluding carboxylic acids is 1. The normalized spacial score (nSPS) is 20.2. The zero-order chi connectivity index (χ0) is 20.8. The standard InChI is InChI=1S/C22H26N4O3/c1-14-10-19-23-11-16(21(28)26(19)24-14)20(27)25-12-17(15-8-6-5-7-9-15)29-18(13-25)22(2,3)4/h5-11,17-18,24H,12-13H2,1-4H3/t17-,18+/m0/s1. The largest absolute Gasteiger partial charge is 0.366 e. The number of aryl methyl sites for hydroxylation is 1. The number of hydrogen-bond donors (Lipinski definition) is 1. The number of rotatable bonds is 2. The SMILES string of the molecule is Cc1cc2ncc(C(=O)N3C[C@@H](c4ccccc4)O[C@@H](C(C)(C)C)C3)c(=O)n2[nH]1. The molecular weight excluding hydrogens is 368 g/mol. The molecule has 0 radical (unpaired) electrons. The molecule has 29 heavy (non-hydrogen) atoms. The van der Waals surface area contributed by atoms with E-state index in [0.717, 1.165) is 11.3 Å². The average Bonchev–Trinajstić information content (AvgIpc) is 3.09. The molecule has 0 aliphatic carbocycles. The van der Waals surface area contributed by atoms with Crippen LogP contribution in [-0.4, -0.2) is 44.6 Å². The first-order valence-electron chi connectivity index (χ1n) is 9.81. The molecule has 2 aromatic heterocycles. The molecular formula is C22H26N4O3. The fourth-order valence-corrected chi connectivity index (χ4v) is 3.65. The van der Waals surface area contributed by atoms with E-state index < -0.39 is 0 Å². The van der Waals surface area contributed by atoms with Crippen LogP contribution in [0.5, 0.6) is 0 Å². The van der Waals surface area contributed by atoms with Crippen molar-refractivity contribution < 1.29 is 9.53 Å². The number of nitrogens with zero attached hydrogens (tertiary/aromatic N) is 3. The lowest BCUT2D eigenvalue weighted by atomic mass is 9.87. The van der Waals surface area contributed by atoms with Gasteiger partial charge in [0.15, 0.2) is 5.65 Å². The summed E-state index contributed by atoms with van der Waals surface area (Å²) in [4.78, 5) is 32.2. The van der Waals surface area contributed by atoms with E-state index in [1.807, 2.05) is 37.3 Å². The lowest BCUT2D eigenvalue weighted by Crippen LogP contribution is -2.52. The maximum Gasteiger partial charge on any atom is 0.285 e. The zero-order valence-corrected chi connectivity index (χ0v) is 17.2. The fraction of sp³-hybridized carbons (Fsp3) is 0.409. The van der Waals surface area contributed by atoms with Crippen LogP contribution in [0.2, 0.25) is 0 Å². The van der Waals surface area contributed by atoms with Crippen molar-refractivity contribution in [2.24, 2.45) is 5.41 Å². The number of fused-ring (bicyclic) bond motifs is 1. The summed E-state index contributed by atoms with van der Waals surface area (Å²) in [5, 5.41) is 2.94. The molecule has 1 amide bonds. The molecule has 1 aliphatic rings. The third-order valence-electron chi connectivity index (χ3n) is 5.38. The van der Waals surface area contributed by atoms with Crippen LogP contribution in [0.15, 0.2) is 47.4 Å². The number of ether oxygens (including phenoxy) is 1. The van der Waals surface area contributed by atoms with E-state index in [9.17, 15) is 9.59 Å². The van der Waals surface area contributed by atoms with Gasteiger partial charge in [0.05, 0.1) is 12.6 Å². The van der Waals surface area contributed by atoms with E-state index in [1.54, 1.807) is 11.0 Å². The van der Waals surface area contributed by atoms with Gasteiger partial charge in [0.1, 0.15) is 11.7 Å². The highest BCUT2D eigenvalue weighted by Gasteiger charge is 2.38. The number of aromatic amines is 1. The number of morpholine rings is 1. The number of hydrogen-bond acceptors (Lipinski definition) is 4. The monoisotopic (exact) mass is 394 g/mol. The van der Waals surface area contributed by atoms with E-state index in [-0.39, 0.29) is 34.7 Å². The second-order valence-electron chi connectivity index (χ2n) is 8.71. The molecule has 3 aromatic rings. The summed E-state index contributed by atoms with van der Waals surface area (Å²) < 4.78 is 7.68. The minimum atomic E-state index is -0.386. The summed E-state index contributed by atoms with van der Waals surface area (Å²) in [5.74, 6) is -0.317. The van der Waals surface area contributed by atoms with Crippen molar-refractivity contribution in [3.63, 3.8) is 0 Å². The van der Waals surface area contributed by atoms with Gasteiger partial charge in [-0.3, -0.25) is 14.7 Å². The topological polar surface area (TPSA) is 79.7 Å². The van der Waals surface area contributed by atoms with Crippen LogP contribution >= 0.6 is 0 Å². The number of amides is 1. The summed E-state index contributed by atoms with van der Waals surface area (Å²) in [6, 6.07) is 11.7. The average molecular weight is 394 g/mol. The van der Waals surface area contributed by atoms with Crippen molar-refractivity contribution in [2.75, 3.05) is 13.1 Å². The smallest absolute Gasteiger partial charge is 0.285 e. The minimum Gasteiger partial charge on any atom is -0.366 e. The van der Waals surface area contributed by atoms with Crippen LogP contribution in [0.3, 0.4) is 0 Å². The Morgan fingerprint density at radius 2 is 1.93 bits per heavy atom. The molecule has 0 saturated carbocycles. The highest BCUT2D eigenvalue weighted by Crippen LogP contribution is 2.33. The molecule has 4 rings (SSSR count). The number of benzene rings is 1. The summed E-state index contributed by atoms with van der Waals surface area (Å²) in [5.41, 5.74) is 1.85. The molecule has 3 heterocycles. The predicted octanol–water partition coefficient (Wildman–Crippen LogP) is 2.96. The Hall–Kier alpha value is -2.93. The van der Waals surface area contributed by atoms with Gasteiger partial charge in [0, 0.05) is 24.5 Å². The van der Waals surface area contributed by atoms with Crippen LogP contribution < -0.4 is 5.56 Å². The Bertz CT molecular complexity index is 1090. The van der Waals surface area contributed by atoms with Gasteiger partial charge in [-0.25, -0.2) is 9.50 Å². The van der Waals surface area contributed by atoms with Crippen molar-refractivity contribution in [3.8, 4) is 0 Å². The zero-order valence-electron chi connectivity index (χ0n) is 17.2. The molecule has 1 saturated heterocycles. The number of nitrogens with one attached hydrogen (secondary N) is 1. The summed E-state index contributed by atoms with van der Waals surface area (Å²) in [7, 11) is 0. The second-order valence-corrected chi connectivity index (χ2v) is 8.71. The fourth-order valence-electron chi connectivity index (χ4n) is 3.65. The first kappa shape index (κ1) is 19.4. The van der Waals surface area contributed by atoms with Crippen molar-refractivity contribution in [2.45, 2.75) is 39.9 Å². The third-order valence-corrected chi connectivity index (χ3v) is 5.38. The molecule has 152 valence electrons. The molecule has 0 unspecified atom stereocenters. The van der Waals surface area contributed by atoms with Gasteiger partial charge in [0.25, 0.3) is 11.5 Å². The summed E-state index contributed by atoms with van der Waals surface area (Å²) >= 11 is 0. The van der Waals surface area contributed by atoms with Crippen molar-refractivity contribution in [1.82, 2.24) is 19.5 Å². The lowest BCUT2D eigenvalue weighted by Gasteiger charge is -2.43. The Morgan fingerprint density at radius 3 is 2.62 bits per heavy atom. The van der Waals surface area contributed by atoms with E-state index in [2.05, 4.69) is 30.9 Å². The Kier molecular flexibility index (Phi) is 4.78. The number of carbonyl (C=O) groups is 1. The Morgan fingerprint density at radius 1 is 1.21 bits per heavy atom. The van der Waals surface area contributed by atoms with E-state index in [0.29, 0.717) is 18.7 Å². The van der Waals surface area contributed by atoms with E-state index >= 15 is 0 Å². The molecule has 7 heteroatoms. The Balaban J connectivity index is 1.69. The molecule has 1 aromatic carbocycles. The molecule has 0 bridgehead atoms. The quantitative estimate of drug-likeness (QED) is 0.725. The van der Waals surface area contributed by atoms with E-state index in [1.165, 1.54) is 10.7 Å². The first-order valence-corrected chi connectivity index (χ1v) is 9.81. The van der Waals surface area contributed by atoms with Gasteiger partial charge in [-0.2, -0.15) is 0 Å². The van der Waals surface area contributed by atoms with Crippen LogP contribution in [0, 0.1) is 12.3 Å². The third kappa shape index (κ3) is 3.70. The second kappa shape index (κ2) is 7.15.